The number of nitrogens with one attached hydrogen (secondary N) is 1. The van der Waals surface area contributed by atoms with Gasteiger partial charge in [0.15, 0.2) is 6.61 Å². The van der Waals surface area contributed by atoms with Crippen molar-refractivity contribution in [3.05, 3.63) is 101 Å². The van der Waals surface area contributed by atoms with E-state index in [1.165, 1.54) is 11.9 Å². The highest BCUT2D eigenvalue weighted by Crippen LogP contribution is 2.33. The molecule has 1 aliphatic rings. The number of carbonyl (C=O) groups excluding carboxylic acids is 3. The minimum Gasteiger partial charge on any atom is -0.497 e. The van der Waals surface area contributed by atoms with Crippen LogP contribution in [0.2, 0.25) is 0 Å². The van der Waals surface area contributed by atoms with Crippen molar-refractivity contribution >= 4 is 23.5 Å². The molecule has 8 nitrogen and oxygen atoms in total. The van der Waals surface area contributed by atoms with Crippen molar-refractivity contribution in [1.29, 1.82) is 0 Å². The maximum Gasteiger partial charge on any atom is 0.338 e. The number of hydrogen-bond donors (Lipinski definition) is 1. The molecule has 184 valence electrons. The van der Waals surface area contributed by atoms with E-state index in [1.54, 1.807) is 31.4 Å². The molecule has 1 unspecified atom stereocenters. The quantitative estimate of drug-likeness (QED) is 0.489. The van der Waals surface area contributed by atoms with Crippen molar-refractivity contribution in [2.24, 2.45) is 5.10 Å². The van der Waals surface area contributed by atoms with Gasteiger partial charge in [0.05, 0.1) is 24.4 Å². The number of benzene rings is 3. The zero-order valence-electron chi connectivity index (χ0n) is 20.1. The first-order valence-electron chi connectivity index (χ1n) is 11.5. The number of nitrogens with zero attached hydrogens (tertiary/aromatic N) is 2. The van der Waals surface area contributed by atoms with Gasteiger partial charge in [-0.05, 0) is 41.0 Å². The van der Waals surface area contributed by atoms with E-state index in [1.807, 2.05) is 54.6 Å². The fourth-order valence-corrected chi connectivity index (χ4v) is 3.89. The van der Waals surface area contributed by atoms with Crippen molar-refractivity contribution in [1.82, 2.24) is 10.3 Å². The predicted octanol–water partition coefficient (Wildman–Crippen LogP) is 3.87. The van der Waals surface area contributed by atoms with Gasteiger partial charge < -0.3 is 14.8 Å². The van der Waals surface area contributed by atoms with Crippen molar-refractivity contribution in [3.63, 3.8) is 0 Å². The molecule has 1 atom stereocenters. The molecule has 0 aromatic heterocycles. The highest BCUT2D eigenvalue weighted by Gasteiger charge is 2.33. The van der Waals surface area contributed by atoms with Crippen LogP contribution in [0, 0.1) is 0 Å². The Balaban J connectivity index is 1.46. The Morgan fingerprint density at radius 2 is 1.67 bits per heavy atom. The molecule has 8 heteroatoms. The molecule has 0 saturated carbocycles. The third kappa shape index (κ3) is 5.96. The molecular formula is C28H27N3O5. The van der Waals surface area contributed by atoms with Crippen LogP contribution in [-0.4, -0.2) is 42.2 Å². The summed E-state index contributed by atoms with van der Waals surface area (Å²) in [5.41, 5.74) is 3.78. The third-order valence-electron chi connectivity index (χ3n) is 5.83. The molecule has 3 aromatic carbocycles. The molecule has 0 radical (unpaired) electrons. The standard InChI is InChI=1S/C28H27N3O5/c1-19(32)29-17-20-8-10-23(11-9-20)28(34)36-18-27(33)31-26(22-12-14-24(35-2)15-13-22)16-25(30-31)21-6-4-3-5-7-21/h3-15,26H,16-18H2,1-2H3,(H,29,32). The van der Waals surface area contributed by atoms with E-state index in [0.29, 0.717) is 18.5 Å². The molecule has 0 aliphatic carbocycles. The summed E-state index contributed by atoms with van der Waals surface area (Å²) < 4.78 is 10.6. The molecule has 0 bridgehead atoms. The zero-order chi connectivity index (χ0) is 25.5. The highest BCUT2D eigenvalue weighted by atomic mass is 16.5. The summed E-state index contributed by atoms with van der Waals surface area (Å²) in [5.74, 6) is -0.444. The second kappa shape index (κ2) is 11.3. The largest absolute Gasteiger partial charge is 0.497 e. The van der Waals surface area contributed by atoms with E-state index in [2.05, 4.69) is 10.4 Å². The summed E-state index contributed by atoms with van der Waals surface area (Å²) in [6.45, 7) is 1.37. The summed E-state index contributed by atoms with van der Waals surface area (Å²) in [7, 11) is 1.60. The third-order valence-corrected chi connectivity index (χ3v) is 5.83. The number of hydrogen-bond acceptors (Lipinski definition) is 6. The lowest BCUT2D eigenvalue weighted by atomic mass is 9.98. The number of ether oxygens (including phenoxy) is 2. The normalized spacial score (nSPS) is 14.7. The lowest BCUT2D eigenvalue weighted by Crippen LogP contribution is -2.31. The number of methoxy groups -OCH3 is 1. The fraction of sp³-hybridized carbons (Fsp3) is 0.214. The average Bonchev–Trinajstić information content (AvgIpc) is 3.37. The summed E-state index contributed by atoms with van der Waals surface area (Å²) in [5, 5.41) is 8.69. The molecule has 0 spiro atoms. The Kier molecular flexibility index (Phi) is 7.75. The van der Waals surface area contributed by atoms with Gasteiger partial charge in [0, 0.05) is 19.9 Å². The van der Waals surface area contributed by atoms with Gasteiger partial charge in [0.1, 0.15) is 5.75 Å². The average molecular weight is 486 g/mol. The monoisotopic (exact) mass is 485 g/mol. The second-order valence-corrected chi connectivity index (χ2v) is 8.33. The van der Waals surface area contributed by atoms with E-state index in [-0.39, 0.29) is 11.9 Å². The Hall–Kier alpha value is -4.46. The second-order valence-electron chi connectivity index (χ2n) is 8.33. The van der Waals surface area contributed by atoms with Crippen LogP contribution in [0.15, 0.2) is 84.0 Å². The van der Waals surface area contributed by atoms with Crippen LogP contribution in [0.25, 0.3) is 0 Å². The molecule has 4 rings (SSSR count). The summed E-state index contributed by atoms with van der Waals surface area (Å²) in [6.07, 6.45) is 0.534. The van der Waals surface area contributed by atoms with Gasteiger partial charge in [-0.1, -0.05) is 54.6 Å². The molecule has 1 aliphatic heterocycles. The van der Waals surface area contributed by atoms with Gasteiger partial charge >= 0.3 is 5.97 Å². The number of rotatable bonds is 8. The molecule has 1 N–H and O–H groups in total. The van der Waals surface area contributed by atoms with Gasteiger partial charge in [-0.25, -0.2) is 9.80 Å². The van der Waals surface area contributed by atoms with E-state index in [0.717, 1.165) is 28.2 Å². The van der Waals surface area contributed by atoms with E-state index >= 15 is 0 Å². The Morgan fingerprint density at radius 3 is 2.31 bits per heavy atom. The Bertz CT molecular complexity index is 1250. The lowest BCUT2D eigenvalue weighted by molar-refractivity contribution is -0.136. The Labute approximate surface area is 209 Å². The van der Waals surface area contributed by atoms with Gasteiger partial charge in [0.25, 0.3) is 5.91 Å². The van der Waals surface area contributed by atoms with Crippen molar-refractivity contribution in [2.45, 2.75) is 25.9 Å². The van der Waals surface area contributed by atoms with Crippen LogP contribution in [-0.2, 0) is 20.9 Å². The maximum atomic E-state index is 13.1. The van der Waals surface area contributed by atoms with Crippen LogP contribution in [0.3, 0.4) is 0 Å². The zero-order valence-corrected chi connectivity index (χ0v) is 20.1. The van der Waals surface area contributed by atoms with Gasteiger partial charge in [0.2, 0.25) is 5.91 Å². The van der Waals surface area contributed by atoms with Crippen molar-refractivity contribution in [3.8, 4) is 5.75 Å². The van der Waals surface area contributed by atoms with Crippen LogP contribution in [0.1, 0.15) is 46.4 Å². The van der Waals surface area contributed by atoms with Crippen molar-refractivity contribution < 1.29 is 23.9 Å². The molecule has 3 aromatic rings. The van der Waals surface area contributed by atoms with Gasteiger partial charge in [-0.2, -0.15) is 5.10 Å². The minimum absolute atomic E-state index is 0.134. The van der Waals surface area contributed by atoms with Gasteiger partial charge in [-0.15, -0.1) is 0 Å². The molecule has 2 amide bonds. The minimum atomic E-state index is -0.609. The van der Waals surface area contributed by atoms with Crippen LogP contribution < -0.4 is 10.1 Å². The molecule has 1 heterocycles. The summed E-state index contributed by atoms with van der Waals surface area (Å²) in [6, 6.07) is 23.5. The van der Waals surface area contributed by atoms with E-state index < -0.39 is 18.5 Å². The van der Waals surface area contributed by atoms with Gasteiger partial charge in [-0.3, -0.25) is 9.59 Å². The van der Waals surface area contributed by atoms with E-state index in [4.69, 9.17) is 9.47 Å². The SMILES string of the molecule is COc1ccc(C2CC(c3ccccc3)=NN2C(=O)COC(=O)c2ccc(CNC(C)=O)cc2)cc1. The van der Waals surface area contributed by atoms with Crippen LogP contribution in [0.5, 0.6) is 5.75 Å². The van der Waals surface area contributed by atoms with Crippen LogP contribution >= 0.6 is 0 Å². The number of esters is 1. The predicted molar refractivity (Wildman–Crippen MR) is 134 cm³/mol. The lowest BCUT2D eigenvalue weighted by Gasteiger charge is -2.22. The first kappa shape index (κ1) is 24.7. The molecule has 0 saturated heterocycles. The first-order valence-corrected chi connectivity index (χ1v) is 11.5. The smallest absolute Gasteiger partial charge is 0.338 e. The van der Waals surface area contributed by atoms with E-state index in [9.17, 15) is 14.4 Å². The molecular weight excluding hydrogens is 458 g/mol. The topological polar surface area (TPSA) is 97.3 Å². The van der Waals surface area contributed by atoms with Crippen molar-refractivity contribution in [2.75, 3.05) is 13.7 Å². The molecule has 36 heavy (non-hydrogen) atoms. The highest BCUT2D eigenvalue weighted by molar-refractivity contribution is 6.03. The maximum absolute atomic E-state index is 13.1. The number of amides is 2. The summed E-state index contributed by atoms with van der Waals surface area (Å²) >= 11 is 0. The summed E-state index contributed by atoms with van der Waals surface area (Å²) in [4.78, 5) is 36.7. The molecule has 0 fully saturated rings. The number of hydrazone groups is 1. The first-order chi connectivity index (χ1) is 17.4. The Morgan fingerprint density at radius 1 is 0.972 bits per heavy atom. The number of carbonyl (C=O) groups is 3. The fourth-order valence-electron chi connectivity index (χ4n) is 3.89. The van der Waals surface area contributed by atoms with Crippen LogP contribution in [0.4, 0.5) is 0 Å².